The minimum atomic E-state index is -0.0961. The zero-order valence-electron chi connectivity index (χ0n) is 17.2. The van der Waals surface area contributed by atoms with Crippen LogP contribution >= 0.6 is 22.9 Å². The fraction of sp³-hybridized carbons (Fsp3) is 0.364. The number of aromatic nitrogens is 2. The Morgan fingerprint density at radius 2 is 2.00 bits per heavy atom. The quantitative estimate of drug-likeness (QED) is 0.614. The Labute approximate surface area is 185 Å². The van der Waals surface area contributed by atoms with Crippen LogP contribution in [0.3, 0.4) is 0 Å². The molecule has 1 N–H and O–H groups in total. The van der Waals surface area contributed by atoms with Gasteiger partial charge in [-0.05, 0) is 48.6 Å². The van der Waals surface area contributed by atoms with Gasteiger partial charge in [0.1, 0.15) is 0 Å². The lowest BCUT2D eigenvalue weighted by Gasteiger charge is -2.26. The van der Waals surface area contributed by atoms with Crippen molar-refractivity contribution in [2.75, 3.05) is 31.6 Å². The number of nitrogens with one attached hydrogen (secondary N) is 1. The van der Waals surface area contributed by atoms with Gasteiger partial charge in [0, 0.05) is 25.3 Å². The van der Waals surface area contributed by atoms with Crippen LogP contribution in [0.5, 0.6) is 0 Å². The highest BCUT2D eigenvalue weighted by Crippen LogP contribution is 2.23. The summed E-state index contributed by atoms with van der Waals surface area (Å²) in [7, 11) is 0. The highest BCUT2D eigenvalue weighted by molar-refractivity contribution is 7.12. The summed E-state index contributed by atoms with van der Waals surface area (Å²) in [5.74, 6) is -0.0961. The number of carbonyl (C=O) groups excluding carboxylic acids is 1. The van der Waals surface area contributed by atoms with E-state index >= 15 is 0 Å². The predicted molar refractivity (Wildman–Crippen MR) is 121 cm³/mol. The molecule has 0 radical (unpaired) electrons. The van der Waals surface area contributed by atoms with Gasteiger partial charge in [0.05, 0.1) is 41.0 Å². The van der Waals surface area contributed by atoms with Crippen molar-refractivity contribution >= 4 is 34.5 Å². The Morgan fingerprint density at radius 1 is 1.20 bits per heavy atom. The molecule has 0 unspecified atom stereocenters. The Balaban J connectivity index is 1.39. The van der Waals surface area contributed by atoms with Crippen LogP contribution in [-0.2, 0) is 17.8 Å². The summed E-state index contributed by atoms with van der Waals surface area (Å²) in [6, 6.07) is 9.96. The van der Waals surface area contributed by atoms with E-state index in [0.717, 1.165) is 55.5 Å². The van der Waals surface area contributed by atoms with Gasteiger partial charge in [-0.2, -0.15) is 5.10 Å². The third-order valence-corrected chi connectivity index (χ3v) is 6.72. The number of halogens is 1. The minimum Gasteiger partial charge on any atom is -0.379 e. The van der Waals surface area contributed by atoms with Crippen LogP contribution in [0.4, 0.5) is 5.69 Å². The summed E-state index contributed by atoms with van der Waals surface area (Å²) >= 11 is 7.67. The lowest BCUT2D eigenvalue weighted by Crippen LogP contribution is -2.35. The van der Waals surface area contributed by atoms with Gasteiger partial charge in [0.2, 0.25) is 0 Å². The van der Waals surface area contributed by atoms with Crippen LogP contribution in [0.1, 0.15) is 32.2 Å². The fourth-order valence-electron chi connectivity index (χ4n) is 3.54. The molecule has 1 amide bonds. The highest BCUT2D eigenvalue weighted by Gasteiger charge is 2.14. The van der Waals surface area contributed by atoms with Crippen LogP contribution in [0, 0.1) is 13.8 Å². The lowest BCUT2D eigenvalue weighted by molar-refractivity contribution is 0.0342. The van der Waals surface area contributed by atoms with E-state index in [0.29, 0.717) is 16.4 Å². The fourth-order valence-corrected chi connectivity index (χ4v) is 4.47. The molecule has 3 heterocycles. The molecule has 0 atom stereocenters. The van der Waals surface area contributed by atoms with Gasteiger partial charge in [0.15, 0.2) is 0 Å². The van der Waals surface area contributed by atoms with Gasteiger partial charge >= 0.3 is 0 Å². The second kappa shape index (κ2) is 9.31. The van der Waals surface area contributed by atoms with Gasteiger partial charge in [0.25, 0.3) is 5.91 Å². The van der Waals surface area contributed by atoms with E-state index in [4.69, 9.17) is 16.3 Å². The molecule has 4 rings (SSSR count). The number of ether oxygens (including phenoxy) is 1. The highest BCUT2D eigenvalue weighted by atomic mass is 35.5. The van der Waals surface area contributed by atoms with Gasteiger partial charge in [-0.3, -0.25) is 14.4 Å². The van der Waals surface area contributed by atoms with E-state index in [9.17, 15) is 4.79 Å². The van der Waals surface area contributed by atoms with Crippen molar-refractivity contribution in [3.8, 4) is 0 Å². The van der Waals surface area contributed by atoms with Crippen LogP contribution in [0.2, 0.25) is 5.02 Å². The molecule has 0 aliphatic carbocycles. The molecule has 1 fully saturated rings. The maximum atomic E-state index is 12.7. The Bertz CT molecular complexity index is 1040. The van der Waals surface area contributed by atoms with Crippen molar-refractivity contribution in [3.05, 3.63) is 68.1 Å². The number of morpholine rings is 1. The molecule has 0 saturated carbocycles. The van der Waals surface area contributed by atoms with E-state index in [1.54, 1.807) is 0 Å². The Morgan fingerprint density at radius 3 is 2.73 bits per heavy atom. The third-order valence-electron chi connectivity index (χ3n) is 5.20. The standard InChI is InChI=1S/C22H25ClN4O2S/c1-15-21(23)16(2)27(25-15)13-18-11-20(30-14-18)22(28)24-19-5-3-4-17(10-19)12-26-6-8-29-9-7-26/h3-5,10-11,14H,6-9,12-13H2,1-2H3,(H,24,28). The number of hydrogen-bond donors (Lipinski definition) is 1. The summed E-state index contributed by atoms with van der Waals surface area (Å²) in [5, 5.41) is 10.2. The number of thiophene rings is 1. The molecule has 30 heavy (non-hydrogen) atoms. The molecule has 2 aromatic heterocycles. The number of nitrogens with zero attached hydrogens (tertiary/aromatic N) is 3. The first-order valence-electron chi connectivity index (χ1n) is 9.97. The van der Waals surface area contributed by atoms with E-state index in [1.807, 2.05) is 48.2 Å². The van der Waals surface area contributed by atoms with Crippen molar-refractivity contribution < 1.29 is 9.53 Å². The molecule has 1 aliphatic heterocycles. The van der Waals surface area contributed by atoms with Crippen LogP contribution in [0.25, 0.3) is 0 Å². The van der Waals surface area contributed by atoms with E-state index < -0.39 is 0 Å². The topological polar surface area (TPSA) is 59.4 Å². The number of carbonyl (C=O) groups is 1. The molecule has 1 aliphatic rings. The lowest BCUT2D eigenvalue weighted by atomic mass is 10.1. The molecule has 3 aromatic rings. The number of anilines is 1. The van der Waals surface area contributed by atoms with Gasteiger partial charge in [-0.25, -0.2) is 0 Å². The molecule has 1 saturated heterocycles. The number of aryl methyl sites for hydroxylation is 1. The van der Waals surface area contributed by atoms with Crippen LogP contribution in [0.15, 0.2) is 35.7 Å². The van der Waals surface area contributed by atoms with Gasteiger partial charge in [-0.1, -0.05) is 23.7 Å². The Hall–Kier alpha value is -2.19. The molecule has 6 nitrogen and oxygen atoms in total. The predicted octanol–water partition coefficient (Wildman–Crippen LogP) is 4.35. The van der Waals surface area contributed by atoms with Gasteiger partial charge in [-0.15, -0.1) is 11.3 Å². The van der Waals surface area contributed by atoms with Crippen LogP contribution in [-0.4, -0.2) is 46.9 Å². The zero-order chi connectivity index (χ0) is 21.1. The second-order valence-electron chi connectivity index (χ2n) is 7.50. The minimum absolute atomic E-state index is 0.0961. The third kappa shape index (κ3) is 4.92. The Kier molecular flexibility index (Phi) is 6.53. The summed E-state index contributed by atoms with van der Waals surface area (Å²) in [5.41, 5.74) is 4.78. The largest absolute Gasteiger partial charge is 0.379 e. The molecular formula is C22H25ClN4O2S. The smallest absolute Gasteiger partial charge is 0.265 e. The van der Waals surface area contributed by atoms with E-state index in [-0.39, 0.29) is 5.91 Å². The van der Waals surface area contributed by atoms with E-state index in [1.165, 1.54) is 16.9 Å². The van der Waals surface area contributed by atoms with Crippen molar-refractivity contribution in [3.63, 3.8) is 0 Å². The number of hydrogen-bond acceptors (Lipinski definition) is 5. The molecule has 8 heteroatoms. The summed E-state index contributed by atoms with van der Waals surface area (Å²) in [4.78, 5) is 15.8. The van der Waals surface area contributed by atoms with Crippen LogP contribution < -0.4 is 5.32 Å². The average molecular weight is 445 g/mol. The first-order valence-corrected chi connectivity index (χ1v) is 11.2. The molecule has 1 aromatic carbocycles. The monoisotopic (exact) mass is 444 g/mol. The molecule has 0 bridgehead atoms. The number of benzene rings is 1. The first kappa shape index (κ1) is 21.1. The maximum absolute atomic E-state index is 12.7. The SMILES string of the molecule is Cc1nn(Cc2csc(C(=O)Nc3cccc(CN4CCOCC4)c3)c2)c(C)c1Cl. The van der Waals surface area contributed by atoms with Gasteiger partial charge < -0.3 is 10.1 Å². The summed E-state index contributed by atoms with van der Waals surface area (Å²) in [6.07, 6.45) is 0. The molecule has 0 spiro atoms. The van der Waals surface area contributed by atoms with Crippen molar-refractivity contribution in [2.24, 2.45) is 0 Å². The molecular weight excluding hydrogens is 420 g/mol. The van der Waals surface area contributed by atoms with Crippen molar-refractivity contribution in [1.29, 1.82) is 0 Å². The number of rotatable bonds is 6. The van der Waals surface area contributed by atoms with Crippen molar-refractivity contribution in [1.82, 2.24) is 14.7 Å². The average Bonchev–Trinajstić information content (AvgIpc) is 3.30. The zero-order valence-corrected chi connectivity index (χ0v) is 18.7. The summed E-state index contributed by atoms with van der Waals surface area (Å²) in [6.45, 7) is 8.74. The maximum Gasteiger partial charge on any atom is 0.265 e. The normalized spacial score (nSPS) is 14.8. The molecule has 158 valence electrons. The second-order valence-corrected chi connectivity index (χ2v) is 8.79. The van der Waals surface area contributed by atoms with Crippen molar-refractivity contribution in [2.45, 2.75) is 26.9 Å². The van der Waals surface area contributed by atoms with E-state index in [2.05, 4.69) is 21.4 Å². The number of amides is 1. The first-order chi connectivity index (χ1) is 14.5. The summed E-state index contributed by atoms with van der Waals surface area (Å²) < 4.78 is 7.28.